The number of carbonyl (C=O) groups excluding carboxylic acids is 2. The Labute approximate surface area is 86.7 Å². The van der Waals surface area contributed by atoms with E-state index in [1.165, 1.54) is 6.33 Å². The number of nitrogens with one attached hydrogen (secondary N) is 2. The lowest BCUT2D eigenvalue weighted by molar-refractivity contribution is -0.124. The quantitative estimate of drug-likeness (QED) is 0.527. The van der Waals surface area contributed by atoms with Gasteiger partial charge in [-0.1, -0.05) is 0 Å². The number of amides is 1. The van der Waals surface area contributed by atoms with Gasteiger partial charge in [0.15, 0.2) is 0 Å². The smallest absolute Gasteiger partial charge is 0.221 e. The number of aryl methyl sites for hydroxylation is 1. The number of aromatic amines is 1. The van der Waals surface area contributed by atoms with Crippen LogP contribution in [0.5, 0.6) is 0 Å². The SMILES string of the molecule is O=C[C@H](CO)NC(=O)CCc1cnc[nH]1. The molecular formula is C9H13N3O3. The predicted octanol–water partition coefficient (Wildman–Crippen LogP) is -0.982. The van der Waals surface area contributed by atoms with Gasteiger partial charge >= 0.3 is 0 Å². The lowest BCUT2D eigenvalue weighted by Crippen LogP contribution is -2.38. The van der Waals surface area contributed by atoms with Gasteiger partial charge in [-0.3, -0.25) is 4.79 Å². The zero-order valence-corrected chi connectivity index (χ0v) is 8.14. The third-order valence-corrected chi connectivity index (χ3v) is 1.88. The average Bonchev–Trinajstić information content (AvgIpc) is 2.75. The van der Waals surface area contributed by atoms with Gasteiger partial charge in [-0.15, -0.1) is 0 Å². The van der Waals surface area contributed by atoms with Crippen molar-refractivity contribution in [2.75, 3.05) is 6.61 Å². The van der Waals surface area contributed by atoms with Gasteiger partial charge in [0.1, 0.15) is 12.3 Å². The van der Waals surface area contributed by atoms with E-state index in [0.29, 0.717) is 12.7 Å². The van der Waals surface area contributed by atoms with Crippen molar-refractivity contribution in [3.05, 3.63) is 18.2 Å². The lowest BCUT2D eigenvalue weighted by atomic mass is 10.2. The molecule has 1 aromatic heterocycles. The van der Waals surface area contributed by atoms with Crippen molar-refractivity contribution in [3.8, 4) is 0 Å². The molecule has 1 amide bonds. The van der Waals surface area contributed by atoms with Crippen molar-refractivity contribution in [1.29, 1.82) is 0 Å². The minimum absolute atomic E-state index is 0.256. The molecule has 1 rings (SSSR count). The molecule has 0 aliphatic heterocycles. The number of aromatic nitrogens is 2. The number of hydrogen-bond donors (Lipinski definition) is 3. The van der Waals surface area contributed by atoms with Crippen LogP contribution in [0.25, 0.3) is 0 Å². The van der Waals surface area contributed by atoms with Crippen molar-refractivity contribution in [2.45, 2.75) is 18.9 Å². The summed E-state index contributed by atoms with van der Waals surface area (Å²) in [5, 5.41) is 11.1. The highest BCUT2D eigenvalue weighted by Crippen LogP contribution is 1.96. The van der Waals surface area contributed by atoms with Crippen molar-refractivity contribution in [3.63, 3.8) is 0 Å². The maximum Gasteiger partial charge on any atom is 0.221 e. The van der Waals surface area contributed by atoms with Crippen molar-refractivity contribution in [2.24, 2.45) is 0 Å². The van der Waals surface area contributed by atoms with Crippen LogP contribution in [-0.4, -0.2) is 39.9 Å². The van der Waals surface area contributed by atoms with Crippen LogP contribution in [0.3, 0.4) is 0 Å². The molecule has 6 heteroatoms. The van der Waals surface area contributed by atoms with Crippen molar-refractivity contribution >= 4 is 12.2 Å². The minimum Gasteiger partial charge on any atom is -0.394 e. The van der Waals surface area contributed by atoms with Crippen LogP contribution in [0.2, 0.25) is 0 Å². The Morgan fingerprint density at radius 3 is 3.07 bits per heavy atom. The number of aliphatic hydroxyl groups excluding tert-OH is 1. The van der Waals surface area contributed by atoms with Crippen LogP contribution < -0.4 is 5.32 Å². The molecule has 1 aromatic rings. The summed E-state index contributed by atoms with van der Waals surface area (Å²) in [4.78, 5) is 28.2. The minimum atomic E-state index is -0.806. The van der Waals surface area contributed by atoms with E-state index >= 15 is 0 Å². The first-order valence-corrected chi connectivity index (χ1v) is 4.59. The van der Waals surface area contributed by atoms with E-state index in [9.17, 15) is 9.59 Å². The van der Waals surface area contributed by atoms with E-state index in [2.05, 4.69) is 15.3 Å². The summed E-state index contributed by atoms with van der Waals surface area (Å²) in [6, 6.07) is -0.806. The number of rotatable bonds is 6. The molecule has 3 N–H and O–H groups in total. The monoisotopic (exact) mass is 211 g/mol. The van der Waals surface area contributed by atoms with Gasteiger partial charge in [0.05, 0.1) is 12.9 Å². The van der Waals surface area contributed by atoms with Crippen LogP contribution in [0.1, 0.15) is 12.1 Å². The Morgan fingerprint density at radius 2 is 2.53 bits per heavy atom. The molecule has 82 valence electrons. The molecule has 0 bridgehead atoms. The Bertz CT molecular complexity index is 310. The standard InChI is InChI=1S/C9H13N3O3/c13-4-8(5-14)12-9(15)2-1-7-3-10-6-11-7/h3-4,6,8,14H,1-2,5H2,(H,10,11)(H,12,15)/t8-/m1/s1. The summed E-state index contributed by atoms with van der Waals surface area (Å²) < 4.78 is 0. The van der Waals surface area contributed by atoms with Crippen LogP contribution in [0.4, 0.5) is 0 Å². The van der Waals surface area contributed by atoms with E-state index in [0.717, 1.165) is 5.69 Å². The van der Waals surface area contributed by atoms with Crippen molar-refractivity contribution < 1.29 is 14.7 Å². The molecule has 0 aromatic carbocycles. The molecule has 15 heavy (non-hydrogen) atoms. The van der Waals surface area contributed by atoms with Crippen LogP contribution in [-0.2, 0) is 16.0 Å². The Balaban J connectivity index is 2.27. The van der Waals surface area contributed by atoms with Gasteiger partial charge < -0.3 is 20.2 Å². The third-order valence-electron chi connectivity index (χ3n) is 1.88. The van der Waals surface area contributed by atoms with Crippen molar-refractivity contribution in [1.82, 2.24) is 15.3 Å². The Hall–Kier alpha value is -1.69. The van der Waals surface area contributed by atoms with Gasteiger partial charge in [-0.05, 0) is 6.42 Å². The normalized spacial score (nSPS) is 12.1. The number of imidazole rings is 1. The first-order chi connectivity index (χ1) is 7.26. The lowest BCUT2D eigenvalue weighted by Gasteiger charge is -2.08. The first-order valence-electron chi connectivity index (χ1n) is 4.59. The average molecular weight is 211 g/mol. The molecule has 0 unspecified atom stereocenters. The fourth-order valence-corrected chi connectivity index (χ4v) is 1.07. The van der Waals surface area contributed by atoms with Crippen LogP contribution in [0, 0.1) is 0 Å². The summed E-state index contributed by atoms with van der Waals surface area (Å²) >= 11 is 0. The molecule has 1 heterocycles. The second kappa shape index (κ2) is 5.92. The number of H-pyrrole nitrogens is 1. The fourth-order valence-electron chi connectivity index (χ4n) is 1.07. The number of hydrogen-bond acceptors (Lipinski definition) is 4. The summed E-state index contributed by atoms with van der Waals surface area (Å²) in [7, 11) is 0. The van der Waals surface area contributed by atoms with E-state index in [-0.39, 0.29) is 18.9 Å². The number of aliphatic hydroxyl groups is 1. The molecule has 0 saturated heterocycles. The Kier molecular flexibility index (Phi) is 4.49. The fraction of sp³-hybridized carbons (Fsp3) is 0.444. The number of carbonyl (C=O) groups is 2. The van der Waals surface area contributed by atoms with Gasteiger partial charge in [0.25, 0.3) is 0 Å². The molecule has 1 atom stereocenters. The molecule has 0 saturated carbocycles. The molecule has 0 spiro atoms. The van der Waals surface area contributed by atoms with E-state index in [1.807, 2.05) is 0 Å². The summed E-state index contributed by atoms with van der Waals surface area (Å²) in [6.45, 7) is -0.376. The molecule has 0 radical (unpaired) electrons. The molecule has 0 fully saturated rings. The Morgan fingerprint density at radius 1 is 1.73 bits per heavy atom. The summed E-state index contributed by atoms with van der Waals surface area (Å²) in [6.07, 6.45) is 4.47. The third kappa shape index (κ3) is 3.90. The predicted molar refractivity (Wildman–Crippen MR) is 52.0 cm³/mol. The highest BCUT2D eigenvalue weighted by molar-refractivity contribution is 5.79. The highest BCUT2D eigenvalue weighted by Gasteiger charge is 2.09. The first kappa shape index (κ1) is 11.4. The van der Waals surface area contributed by atoms with Gasteiger partial charge in [0.2, 0.25) is 5.91 Å². The zero-order valence-electron chi connectivity index (χ0n) is 8.14. The van der Waals surface area contributed by atoms with E-state index in [1.54, 1.807) is 6.20 Å². The van der Waals surface area contributed by atoms with Gasteiger partial charge in [-0.2, -0.15) is 0 Å². The highest BCUT2D eigenvalue weighted by atomic mass is 16.3. The number of aldehydes is 1. The van der Waals surface area contributed by atoms with E-state index in [4.69, 9.17) is 5.11 Å². The maximum atomic E-state index is 11.3. The zero-order chi connectivity index (χ0) is 11.1. The topological polar surface area (TPSA) is 95.1 Å². The molecule has 6 nitrogen and oxygen atoms in total. The summed E-state index contributed by atoms with van der Waals surface area (Å²) in [5.74, 6) is -0.268. The second-order valence-corrected chi connectivity index (χ2v) is 3.07. The van der Waals surface area contributed by atoms with Gasteiger partial charge in [-0.25, -0.2) is 4.98 Å². The summed E-state index contributed by atoms with van der Waals surface area (Å²) in [5.41, 5.74) is 0.858. The number of nitrogens with zero attached hydrogens (tertiary/aromatic N) is 1. The second-order valence-electron chi connectivity index (χ2n) is 3.07. The molecular weight excluding hydrogens is 198 g/mol. The van der Waals surface area contributed by atoms with E-state index < -0.39 is 6.04 Å². The molecule has 0 aliphatic rings. The largest absolute Gasteiger partial charge is 0.394 e. The molecule has 0 aliphatic carbocycles. The van der Waals surface area contributed by atoms with Crippen LogP contribution in [0.15, 0.2) is 12.5 Å². The van der Waals surface area contributed by atoms with Crippen LogP contribution >= 0.6 is 0 Å². The maximum absolute atomic E-state index is 11.3. The van der Waals surface area contributed by atoms with Gasteiger partial charge in [0, 0.05) is 18.3 Å².